The van der Waals surface area contributed by atoms with E-state index in [1.807, 2.05) is 24.9 Å². The Morgan fingerprint density at radius 1 is 1.38 bits per heavy atom. The second kappa shape index (κ2) is 9.80. The molecule has 0 aliphatic rings. The second-order valence-electron chi connectivity index (χ2n) is 4.56. The number of likely N-dealkylation sites (N-methyl/N-ethyl adjacent to an activating group) is 1. The molecule has 0 aliphatic heterocycles. The molecule has 0 aromatic heterocycles. The van der Waals surface area contributed by atoms with Crippen LogP contribution in [0.25, 0.3) is 0 Å². The van der Waals surface area contributed by atoms with Crippen LogP contribution in [-0.2, 0) is 0 Å². The van der Waals surface area contributed by atoms with Gasteiger partial charge in [0.05, 0.1) is 6.54 Å². The summed E-state index contributed by atoms with van der Waals surface area (Å²) in [5.41, 5.74) is 0. The highest BCUT2D eigenvalue weighted by Crippen LogP contribution is 2.10. The molecule has 0 heterocycles. The third-order valence-electron chi connectivity index (χ3n) is 2.91. The summed E-state index contributed by atoms with van der Waals surface area (Å²) in [6, 6.07) is 6.03. The quantitative estimate of drug-likeness (QED) is 0.363. The average Bonchev–Trinajstić information content (AvgIpc) is 2.49. The van der Waals surface area contributed by atoms with Crippen LogP contribution < -0.4 is 10.1 Å². The third-order valence-corrected chi connectivity index (χ3v) is 2.91. The SMILES string of the molecule is C/C=C/CCNC(=NC)N(C)CCOc1ccc(F)cc1. The number of ether oxygens (including phenoxy) is 1. The maximum absolute atomic E-state index is 12.8. The molecule has 1 aromatic carbocycles. The van der Waals surface area contributed by atoms with Crippen LogP contribution in [-0.4, -0.2) is 44.7 Å². The van der Waals surface area contributed by atoms with E-state index in [0.29, 0.717) is 18.9 Å². The van der Waals surface area contributed by atoms with Gasteiger partial charge in [-0.15, -0.1) is 0 Å². The predicted octanol–water partition coefficient (Wildman–Crippen LogP) is 2.68. The molecular formula is C16H24FN3O. The minimum atomic E-state index is -0.259. The Morgan fingerprint density at radius 3 is 2.71 bits per heavy atom. The van der Waals surface area contributed by atoms with Gasteiger partial charge >= 0.3 is 0 Å². The lowest BCUT2D eigenvalue weighted by atomic mass is 10.3. The van der Waals surface area contributed by atoms with Gasteiger partial charge < -0.3 is 15.0 Å². The monoisotopic (exact) mass is 293 g/mol. The predicted molar refractivity (Wildman–Crippen MR) is 85.3 cm³/mol. The molecule has 1 N–H and O–H groups in total. The van der Waals surface area contributed by atoms with Gasteiger partial charge in [0.15, 0.2) is 5.96 Å². The van der Waals surface area contributed by atoms with Gasteiger partial charge in [-0.2, -0.15) is 0 Å². The summed E-state index contributed by atoms with van der Waals surface area (Å²) >= 11 is 0. The normalized spacial score (nSPS) is 11.7. The van der Waals surface area contributed by atoms with E-state index < -0.39 is 0 Å². The van der Waals surface area contributed by atoms with Gasteiger partial charge in [0.1, 0.15) is 18.2 Å². The highest BCUT2D eigenvalue weighted by atomic mass is 19.1. The average molecular weight is 293 g/mol. The topological polar surface area (TPSA) is 36.9 Å². The molecule has 116 valence electrons. The van der Waals surface area contributed by atoms with Crippen LogP contribution in [0.3, 0.4) is 0 Å². The van der Waals surface area contributed by atoms with E-state index in [4.69, 9.17) is 4.74 Å². The summed E-state index contributed by atoms with van der Waals surface area (Å²) in [7, 11) is 3.72. The fourth-order valence-corrected chi connectivity index (χ4v) is 1.76. The van der Waals surface area contributed by atoms with Crippen molar-refractivity contribution in [1.29, 1.82) is 0 Å². The van der Waals surface area contributed by atoms with Crippen molar-refractivity contribution < 1.29 is 9.13 Å². The van der Waals surface area contributed by atoms with Crippen molar-refractivity contribution in [1.82, 2.24) is 10.2 Å². The fraction of sp³-hybridized carbons (Fsp3) is 0.438. The summed E-state index contributed by atoms with van der Waals surface area (Å²) < 4.78 is 18.3. The molecule has 0 saturated carbocycles. The smallest absolute Gasteiger partial charge is 0.193 e. The molecule has 4 nitrogen and oxygen atoms in total. The number of halogens is 1. The van der Waals surface area contributed by atoms with Crippen LogP contribution in [0.4, 0.5) is 4.39 Å². The van der Waals surface area contributed by atoms with Gasteiger partial charge in [0, 0.05) is 20.6 Å². The number of nitrogens with one attached hydrogen (secondary N) is 1. The summed E-state index contributed by atoms with van der Waals surface area (Å²) in [5.74, 6) is 1.24. The first-order valence-electron chi connectivity index (χ1n) is 7.08. The summed E-state index contributed by atoms with van der Waals surface area (Å²) in [4.78, 5) is 6.22. The number of hydrogen-bond donors (Lipinski definition) is 1. The number of nitrogens with zero attached hydrogens (tertiary/aromatic N) is 2. The van der Waals surface area contributed by atoms with E-state index >= 15 is 0 Å². The van der Waals surface area contributed by atoms with Gasteiger partial charge in [-0.1, -0.05) is 12.2 Å². The first-order valence-corrected chi connectivity index (χ1v) is 7.08. The van der Waals surface area contributed by atoms with E-state index in [1.54, 1.807) is 19.2 Å². The molecule has 5 heteroatoms. The van der Waals surface area contributed by atoms with Crippen LogP contribution >= 0.6 is 0 Å². The molecule has 0 saturated heterocycles. The number of aliphatic imine (C=N–C) groups is 1. The molecular weight excluding hydrogens is 269 g/mol. The van der Waals surface area contributed by atoms with Crippen LogP contribution in [0, 0.1) is 5.82 Å². The van der Waals surface area contributed by atoms with E-state index in [9.17, 15) is 4.39 Å². The van der Waals surface area contributed by atoms with Crippen molar-refractivity contribution >= 4 is 5.96 Å². The Bertz CT molecular complexity index is 457. The Kier molecular flexibility index (Phi) is 7.94. The van der Waals surface area contributed by atoms with Crippen LogP contribution in [0.5, 0.6) is 5.75 Å². The van der Waals surface area contributed by atoms with E-state index in [-0.39, 0.29) is 5.82 Å². The van der Waals surface area contributed by atoms with Crippen molar-refractivity contribution in [3.05, 3.63) is 42.2 Å². The summed E-state index contributed by atoms with van der Waals surface area (Å²) in [6.45, 7) is 4.06. The number of hydrogen-bond acceptors (Lipinski definition) is 2. The molecule has 0 bridgehead atoms. The highest BCUT2D eigenvalue weighted by Gasteiger charge is 2.04. The zero-order valence-corrected chi connectivity index (χ0v) is 13.0. The summed E-state index contributed by atoms with van der Waals surface area (Å²) in [5, 5.41) is 3.28. The molecule has 0 spiro atoms. The van der Waals surface area contributed by atoms with Gasteiger partial charge in [-0.25, -0.2) is 4.39 Å². The molecule has 0 fully saturated rings. The largest absolute Gasteiger partial charge is 0.492 e. The van der Waals surface area contributed by atoms with Crippen molar-refractivity contribution in [2.75, 3.05) is 33.8 Å². The standard InChI is InChI=1S/C16H24FN3O/c1-4-5-6-11-19-16(18-2)20(3)12-13-21-15-9-7-14(17)8-10-15/h4-5,7-10H,6,11-13H2,1-3H3,(H,18,19)/b5-4+. The van der Waals surface area contributed by atoms with Gasteiger partial charge in [-0.3, -0.25) is 4.99 Å². The van der Waals surface area contributed by atoms with E-state index in [2.05, 4.69) is 16.4 Å². The van der Waals surface area contributed by atoms with Crippen LogP contribution in [0.15, 0.2) is 41.4 Å². The minimum absolute atomic E-state index is 0.259. The number of guanidine groups is 1. The van der Waals surface area contributed by atoms with Crippen LogP contribution in [0.1, 0.15) is 13.3 Å². The molecule has 1 rings (SSSR count). The number of benzene rings is 1. The van der Waals surface area contributed by atoms with Gasteiger partial charge in [-0.05, 0) is 37.6 Å². The minimum Gasteiger partial charge on any atom is -0.492 e. The van der Waals surface area contributed by atoms with E-state index in [0.717, 1.165) is 18.9 Å². The lowest BCUT2D eigenvalue weighted by Gasteiger charge is -2.22. The van der Waals surface area contributed by atoms with Crippen molar-refractivity contribution in [3.63, 3.8) is 0 Å². The molecule has 1 aromatic rings. The van der Waals surface area contributed by atoms with Crippen molar-refractivity contribution in [3.8, 4) is 5.75 Å². The molecule has 0 aliphatic carbocycles. The lowest BCUT2D eigenvalue weighted by Crippen LogP contribution is -2.41. The molecule has 0 atom stereocenters. The Morgan fingerprint density at radius 2 is 2.10 bits per heavy atom. The molecule has 0 amide bonds. The fourth-order valence-electron chi connectivity index (χ4n) is 1.76. The zero-order valence-electron chi connectivity index (χ0n) is 13.0. The zero-order chi connectivity index (χ0) is 15.5. The van der Waals surface area contributed by atoms with E-state index in [1.165, 1.54) is 12.1 Å². The Hall–Kier alpha value is -2.04. The van der Waals surface area contributed by atoms with Crippen LogP contribution in [0.2, 0.25) is 0 Å². The first-order chi connectivity index (χ1) is 10.2. The lowest BCUT2D eigenvalue weighted by molar-refractivity contribution is 0.281. The highest BCUT2D eigenvalue weighted by molar-refractivity contribution is 5.79. The molecule has 0 unspecified atom stereocenters. The third kappa shape index (κ3) is 6.79. The molecule has 0 radical (unpaired) electrons. The first kappa shape index (κ1) is 17.0. The maximum atomic E-state index is 12.8. The number of allylic oxidation sites excluding steroid dienone is 1. The van der Waals surface area contributed by atoms with Gasteiger partial charge in [0.25, 0.3) is 0 Å². The summed E-state index contributed by atoms with van der Waals surface area (Å²) in [6.07, 6.45) is 5.11. The van der Waals surface area contributed by atoms with Gasteiger partial charge in [0.2, 0.25) is 0 Å². The Balaban J connectivity index is 2.30. The Labute approximate surface area is 126 Å². The van der Waals surface area contributed by atoms with Crippen molar-refractivity contribution in [2.45, 2.75) is 13.3 Å². The maximum Gasteiger partial charge on any atom is 0.193 e. The number of rotatable bonds is 7. The molecule has 21 heavy (non-hydrogen) atoms. The second-order valence-corrected chi connectivity index (χ2v) is 4.56. The van der Waals surface area contributed by atoms with Crippen molar-refractivity contribution in [2.24, 2.45) is 4.99 Å².